The van der Waals surface area contributed by atoms with Gasteiger partial charge in [-0.05, 0) is 209 Å². The van der Waals surface area contributed by atoms with E-state index in [0.29, 0.717) is 5.41 Å². The van der Waals surface area contributed by atoms with Crippen LogP contribution in [0.4, 0.5) is 34.1 Å². The number of nitrogens with zero attached hydrogens (tertiary/aromatic N) is 3. The molecule has 12 aromatic rings. The van der Waals surface area contributed by atoms with Crippen LogP contribution in [0.2, 0.25) is 0 Å². The predicted octanol–water partition coefficient (Wildman–Crippen LogP) is 20.9. The van der Waals surface area contributed by atoms with Crippen molar-refractivity contribution >= 4 is 55.9 Å². The van der Waals surface area contributed by atoms with Crippen LogP contribution in [-0.2, 0) is 5.41 Å². The summed E-state index contributed by atoms with van der Waals surface area (Å²) in [6.07, 6.45) is 8.64. The molecular weight excluding hydrogens is 955 g/mol. The van der Waals surface area contributed by atoms with E-state index in [4.69, 9.17) is 0 Å². The Bertz CT molecular complexity index is 4000. The highest BCUT2D eigenvalue weighted by Crippen LogP contribution is 2.61. The van der Waals surface area contributed by atoms with Crippen LogP contribution in [0.15, 0.2) is 279 Å². The lowest BCUT2D eigenvalue weighted by Gasteiger charge is -2.57. The minimum atomic E-state index is 0.417. The summed E-state index contributed by atoms with van der Waals surface area (Å²) in [7, 11) is 0. The lowest BCUT2D eigenvalue weighted by atomic mass is 9.48. The van der Waals surface area contributed by atoms with Crippen LogP contribution >= 0.6 is 0 Å². The van der Waals surface area contributed by atoms with Crippen LogP contribution in [0.1, 0.15) is 44.1 Å². The van der Waals surface area contributed by atoms with E-state index >= 15 is 0 Å². The van der Waals surface area contributed by atoms with Gasteiger partial charge in [0.05, 0.1) is 11.0 Å². The molecule has 4 aliphatic rings. The predicted molar refractivity (Wildman–Crippen MR) is 332 cm³/mol. The minimum Gasteiger partial charge on any atom is -0.311 e. The summed E-state index contributed by atoms with van der Waals surface area (Å²) in [5.41, 5.74) is 21.9. The van der Waals surface area contributed by atoms with Crippen molar-refractivity contribution in [2.75, 3.05) is 9.80 Å². The zero-order valence-electron chi connectivity index (χ0n) is 44.4. The van der Waals surface area contributed by atoms with Gasteiger partial charge in [-0.15, -0.1) is 0 Å². The van der Waals surface area contributed by atoms with Crippen LogP contribution in [-0.4, -0.2) is 4.57 Å². The second-order valence-corrected chi connectivity index (χ2v) is 22.8. The number of anilines is 6. The molecule has 4 fully saturated rings. The second-order valence-electron chi connectivity index (χ2n) is 22.8. The average Bonchev–Trinajstić information content (AvgIpc) is 4.09. The summed E-state index contributed by atoms with van der Waals surface area (Å²) in [4.78, 5) is 4.72. The van der Waals surface area contributed by atoms with Crippen molar-refractivity contribution in [2.45, 2.75) is 43.9 Å². The molecule has 79 heavy (non-hydrogen) atoms. The molecule has 0 amide bonds. The van der Waals surface area contributed by atoms with Gasteiger partial charge in [0.2, 0.25) is 0 Å². The van der Waals surface area contributed by atoms with E-state index < -0.39 is 0 Å². The number of hydrogen-bond donors (Lipinski definition) is 0. The van der Waals surface area contributed by atoms with E-state index in [9.17, 15) is 0 Å². The number of benzene rings is 11. The van der Waals surface area contributed by atoms with Crippen molar-refractivity contribution < 1.29 is 0 Å². The Kier molecular flexibility index (Phi) is 11.7. The van der Waals surface area contributed by atoms with Crippen molar-refractivity contribution in [1.29, 1.82) is 0 Å². The van der Waals surface area contributed by atoms with Gasteiger partial charge in [0.15, 0.2) is 0 Å². The molecule has 0 radical (unpaired) electrons. The first-order valence-electron chi connectivity index (χ1n) is 28.5. The summed E-state index contributed by atoms with van der Waals surface area (Å²) in [5.74, 6) is 2.85. The molecule has 3 heteroatoms. The van der Waals surface area contributed by atoms with Crippen LogP contribution < -0.4 is 9.80 Å². The molecule has 4 bridgehead atoms. The third kappa shape index (κ3) is 8.71. The Balaban J connectivity index is 0.681. The van der Waals surface area contributed by atoms with E-state index in [1.54, 1.807) is 5.56 Å². The molecule has 0 atom stereocenters. The Morgan fingerprint density at radius 1 is 0.266 bits per heavy atom. The van der Waals surface area contributed by atoms with Gasteiger partial charge in [-0.3, -0.25) is 0 Å². The molecule has 4 aliphatic carbocycles. The van der Waals surface area contributed by atoms with Crippen molar-refractivity contribution in [3.8, 4) is 50.2 Å². The van der Waals surface area contributed by atoms with E-state index in [1.165, 1.54) is 105 Å². The number of para-hydroxylation sites is 3. The molecule has 1 aromatic heterocycles. The van der Waals surface area contributed by atoms with Crippen molar-refractivity contribution in [2.24, 2.45) is 17.8 Å². The summed E-state index contributed by atoms with van der Waals surface area (Å²) in [6, 6.07) is 103. The summed E-state index contributed by atoms with van der Waals surface area (Å²) in [6.45, 7) is 0. The summed E-state index contributed by atoms with van der Waals surface area (Å²) < 4.78 is 2.37. The highest BCUT2D eigenvalue weighted by Gasteiger charge is 2.51. The Hall–Kier alpha value is -9.18. The van der Waals surface area contributed by atoms with Gasteiger partial charge in [0, 0.05) is 50.6 Å². The van der Waals surface area contributed by atoms with Gasteiger partial charge in [0.1, 0.15) is 0 Å². The molecule has 0 N–H and O–H groups in total. The van der Waals surface area contributed by atoms with Gasteiger partial charge >= 0.3 is 0 Å². The summed E-state index contributed by atoms with van der Waals surface area (Å²) >= 11 is 0. The first kappa shape index (κ1) is 47.1. The van der Waals surface area contributed by atoms with Crippen molar-refractivity contribution in [3.63, 3.8) is 0 Å². The largest absolute Gasteiger partial charge is 0.311 e. The van der Waals surface area contributed by atoms with Crippen LogP contribution in [0, 0.1) is 17.8 Å². The Morgan fingerprint density at radius 3 is 0.924 bits per heavy atom. The van der Waals surface area contributed by atoms with Gasteiger partial charge in [-0.25, -0.2) is 0 Å². The normalized spacial score (nSPS) is 18.3. The number of aromatic nitrogens is 1. The van der Waals surface area contributed by atoms with E-state index in [0.717, 1.165) is 57.6 Å². The number of rotatable bonds is 12. The molecule has 4 saturated carbocycles. The van der Waals surface area contributed by atoms with Gasteiger partial charge in [0.25, 0.3) is 0 Å². The molecule has 0 saturated heterocycles. The van der Waals surface area contributed by atoms with Gasteiger partial charge in [-0.2, -0.15) is 0 Å². The fraction of sp³-hybridized carbons (Fsp3) is 0.132. The maximum absolute atomic E-state index is 2.47. The zero-order chi connectivity index (χ0) is 52.3. The maximum atomic E-state index is 2.47. The van der Waals surface area contributed by atoms with E-state index in [-0.39, 0.29) is 0 Å². The topological polar surface area (TPSA) is 11.4 Å². The quantitative estimate of drug-likeness (QED) is 0.121. The molecule has 0 unspecified atom stereocenters. The average molecular weight is 1020 g/mol. The lowest BCUT2D eigenvalue weighted by Crippen LogP contribution is -2.48. The molecule has 16 rings (SSSR count). The van der Waals surface area contributed by atoms with Crippen molar-refractivity contribution in [1.82, 2.24) is 4.57 Å². The first-order valence-corrected chi connectivity index (χ1v) is 28.5. The molecule has 3 nitrogen and oxygen atoms in total. The van der Waals surface area contributed by atoms with Crippen LogP contribution in [0.25, 0.3) is 72.0 Å². The molecule has 11 aromatic carbocycles. The van der Waals surface area contributed by atoms with E-state index in [1.807, 2.05) is 0 Å². The fourth-order valence-corrected chi connectivity index (χ4v) is 14.6. The number of hydrogen-bond acceptors (Lipinski definition) is 2. The maximum Gasteiger partial charge on any atom is 0.0541 e. The Labute approximate surface area is 464 Å². The summed E-state index contributed by atoms with van der Waals surface area (Å²) in [5, 5.41) is 2.53. The molecular formula is C76H61N3. The third-order valence-electron chi connectivity index (χ3n) is 18.0. The van der Waals surface area contributed by atoms with Gasteiger partial charge in [-0.1, -0.05) is 182 Å². The van der Waals surface area contributed by atoms with Crippen molar-refractivity contribution in [3.05, 3.63) is 285 Å². The highest BCUT2D eigenvalue weighted by molar-refractivity contribution is 6.09. The highest BCUT2D eigenvalue weighted by atomic mass is 15.1. The SMILES string of the molecule is c1ccc(-c2ccc(N(c3ccc(-c4ccc(-c5ccc(N(c6ccccc6)c6ccc(-n7c8ccccc8c8ccccc87)cc6)cc5)cc4)cc3)c3ccc(-c4ccc(C56CC7CC(CC(C7)C5)C6)cc4)cc3)cc2)cc1. The standard InChI is InChI=1S/C76H61N3/c1-3-11-56(12-4-1)60-25-35-67(36-26-60)78(69-41-31-63(32-42-69)59-23-33-64(34-24-59)76-50-53-47-54(51-76)49-55(48-53)52-76)68-39-29-62(30-40-68)58-21-19-57(20-22-58)61-27-37-66(38-28-61)77(65-13-5-2-6-14-65)70-43-45-71(46-44-70)79-74-17-9-7-15-72(74)73-16-8-10-18-75(73)79/h1-46,53-55H,47-52H2. The van der Waals surface area contributed by atoms with E-state index in [2.05, 4.69) is 293 Å². The first-order chi connectivity index (χ1) is 39.1. The van der Waals surface area contributed by atoms with Crippen LogP contribution in [0.5, 0.6) is 0 Å². The molecule has 1 heterocycles. The Morgan fingerprint density at radius 2 is 0.544 bits per heavy atom. The second kappa shape index (κ2) is 19.7. The molecule has 380 valence electrons. The smallest absolute Gasteiger partial charge is 0.0541 e. The minimum absolute atomic E-state index is 0.417. The number of fused-ring (bicyclic) bond motifs is 3. The third-order valence-corrected chi connectivity index (χ3v) is 18.0. The zero-order valence-corrected chi connectivity index (χ0v) is 44.4. The van der Waals surface area contributed by atoms with Crippen LogP contribution in [0.3, 0.4) is 0 Å². The molecule has 0 spiro atoms. The monoisotopic (exact) mass is 1020 g/mol. The molecule has 0 aliphatic heterocycles. The van der Waals surface area contributed by atoms with Gasteiger partial charge < -0.3 is 14.4 Å². The lowest BCUT2D eigenvalue weighted by molar-refractivity contribution is -0.00518. The fourth-order valence-electron chi connectivity index (χ4n) is 14.6.